The van der Waals surface area contributed by atoms with Crippen LogP contribution < -0.4 is 5.32 Å². The molecule has 3 rings (SSSR count). The quantitative estimate of drug-likeness (QED) is 0.757. The molecule has 18 heavy (non-hydrogen) atoms. The van der Waals surface area contributed by atoms with Crippen molar-refractivity contribution in [2.75, 3.05) is 0 Å². The molecule has 2 bridgehead atoms. The van der Waals surface area contributed by atoms with Crippen LogP contribution in [0.5, 0.6) is 0 Å². The molecule has 2 saturated heterocycles. The van der Waals surface area contributed by atoms with Crippen LogP contribution in [0.2, 0.25) is 0 Å². The molecule has 1 unspecified atom stereocenters. The number of fused-ring (bicyclic) bond motifs is 2. The third-order valence-electron chi connectivity index (χ3n) is 4.20. The maximum absolute atomic E-state index is 9.66. The Balaban J connectivity index is 2.02. The van der Waals surface area contributed by atoms with E-state index in [9.17, 15) is 5.26 Å². The summed E-state index contributed by atoms with van der Waals surface area (Å²) in [5.74, 6) is 2.60. The van der Waals surface area contributed by atoms with Crippen molar-refractivity contribution in [1.82, 2.24) is 10.3 Å². The lowest BCUT2D eigenvalue weighted by Crippen LogP contribution is -2.46. The monoisotopic (exact) mass is 237 g/mol. The zero-order valence-corrected chi connectivity index (χ0v) is 10.2. The van der Waals surface area contributed by atoms with Crippen molar-refractivity contribution in [3.05, 3.63) is 29.6 Å². The summed E-state index contributed by atoms with van der Waals surface area (Å²) in [6, 6.07) is 5.42. The molecule has 0 saturated carbocycles. The fourth-order valence-electron chi connectivity index (χ4n) is 3.32. The van der Waals surface area contributed by atoms with E-state index in [1.807, 2.05) is 6.07 Å². The summed E-state index contributed by atoms with van der Waals surface area (Å²) >= 11 is 0. The van der Waals surface area contributed by atoms with E-state index in [4.69, 9.17) is 6.42 Å². The van der Waals surface area contributed by atoms with Crippen LogP contribution in [0.25, 0.3) is 0 Å². The molecule has 2 aliphatic heterocycles. The number of nitriles is 1. The van der Waals surface area contributed by atoms with Crippen LogP contribution in [-0.2, 0) is 5.41 Å². The minimum absolute atomic E-state index is 0.406. The summed E-state index contributed by atoms with van der Waals surface area (Å²) in [5, 5.41) is 13.2. The topological polar surface area (TPSA) is 48.7 Å². The first kappa shape index (κ1) is 11.3. The van der Waals surface area contributed by atoms with Gasteiger partial charge in [-0.15, -0.1) is 6.42 Å². The van der Waals surface area contributed by atoms with E-state index in [1.54, 1.807) is 12.4 Å². The highest BCUT2D eigenvalue weighted by Crippen LogP contribution is 2.42. The Morgan fingerprint density at radius 1 is 1.33 bits per heavy atom. The van der Waals surface area contributed by atoms with Gasteiger partial charge in [-0.1, -0.05) is 5.92 Å². The van der Waals surface area contributed by atoms with Gasteiger partial charge in [0.2, 0.25) is 0 Å². The van der Waals surface area contributed by atoms with Gasteiger partial charge in [-0.2, -0.15) is 5.26 Å². The Bertz CT molecular complexity index is 538. The van der Waals surface area contributed by atoms with Crippen molar-refractivity contribution in [3.8, 4) is 18.4 Å². The summed E-state index contributed by atoms with van der Waals surface area (Å²) in [6.07, 6.45) is 13.0. The molecule has 3 heteroatoms. The van der Waals surface area contributed by atoms with Crippen LogP contribution in [0.15, 0.2) is 18.5 Å². The minimum Gasteiger partial charge on any atom is -0.311 e. The van der Waals surface area contributed by atoms with Gasteiger partial charge in [-0.25, -0.2) is 0 Å². The molecule has 3 nitrogen and oxygen atoms in total. The van der Waals surface area contributed by atoms with Crippen molar-refractivity contribution in [2.45, 2.75) is 43.2 Å². The van der Waals surface area contributed by atoms with Crippen molar-refractivity contribution in [3.63, 3.8) is 0 Å². The smallest absolute Gasteiger partial charge is 0.0867 e. The second kappa shape index (κ2) is 4.12. The largest absolute Gasteiger partial charge is 0.311 e. The Kier molecular flexibility index (Phi) is 2.58. The molecule has 1 N–H and O–H groups in total. The molecule has 2 fully saturated rings. The number of pyridine rings is 1. The highest BCUT2D eigenvalue weighted by Gasteiger charge is 2.45. The molecule has 90 valence electrons. The molecule has 2 aliphatic rings. The highest BCUT2D eigenvalue weighted by atomic mass is 15.0. The second-order valence-corrected chi connectivity index (χ2v) is 5.35. The van der Waals surface area contributed by atoms with Crippen LogP contribution in [0.1, 0.15) is 36.8 Å². The van der Waals surface area contributed by atoms with Crippen molar-refractivity contribution in [1.29, 1.82) is 5.26 Å². The van der Waals surface area contributed by atoms with Crippen LogP contribution in [0.4, 0.5) is 0 Å². The third-order valence-corrected chi connectivity index (χ3v) is 4.20. The van der Waals surface area contributed by atoms with E-state index < -0.39 is 5.41 Å². The Morgan fingerprint density at radius 2 is 2.06 bits per heavy atom. The van der Waals surface area contributed by atoms with E-state index in [0.29, 0.717) is 12.1 Å². The number of rotatable bonds is 1. The van der Waals surface area contributed by atoms with Gasteiger partial charge < -0.3 is 5.32 Å². The molecular formula is C15H15N3. The molecule has 3 atom stereocenters. The normalized spacial score (nSPS) is 33.7. The lowest BCUT2D eigenvalue weighted by Gasteiger charge is -2.36. The van der Waals surface area contributed by atoms with Crippen LogP contribution >= 0.6 is 0 Å². The van der Waals surface area contributed by atoms with Crippen molar-refractivity contribution < 1.29 is 0 Å². The number of nitrogens with one attached hydrogen (secondary N) is 1. The summed E-state index contributed by atoms with van der Waals surface area (Å²) in [5.41, 5.74) is 1.34. The third kappa shape index (κ3) is 1.68. The average molecular weight is 237 g/mol. The fraction of sp³-hybridized carbons (Fsp3) is 0.467. The minimum atomic E-state index is -0.406. The van der Waals surface area contributed by atoms with Gasteiger partial charge in [-0.3, -0.25) is 4.98 Å². The van der Waals surface area contributed by atoms with Gasteiger partial charge in [0, 0.05) is 30.0 Å². The summed E-state index contributed by atoms with van der Waals surface area (Å²) in [7, 11) is 0. The molecule has 0 spiro atoms. The zero-order chi connectivity index (χ0) is 12.6. The molecular weight excluding hydrogens is 222 g/mol. The van der Waals surface area contributed by atoms with Crippen molar-refractivity contribution >= 4 is 0 Å². The molecule has 1 aromatic heterocycles. The van der Waals surface area contributed by atoms with Gasteiger partial charge in [0.1, 0.15) is 0 Å². The van der Waals surface area contributed by atoms with Crippen LogP contribution in [-0.4, -0.2) is 17.1 Å². The van der Waals surface area contributed by atoms with Crippen LogP contribution in [0.3, 0.4) is 0 Å². The van der Waals surface area contributed by atoms with Gasteiger partial charge in [0.25, 0.3) is 0 Å². The first-order valence-electron chi connectivity index (χ1n) is 6.35. The zero-order valence-electron chi connectivity index (χ0n) is 10.2. The molecule has 0 amide bonds. The number of piperidine rings is 1. The number of hydrogen-bond donors (Lipinski definition) is 1. The van der Waals surface area contributed by atoms with Crippen LogP contribution in [0, 0.1) is 23.7 Å². The van der Waals surface area contributed by atoms with Crippen molar-refractivity contribution in [2.24, 2.45) is 0 Å². The highest BCUT2D eigenvalue weighted by molar-refractivity contribution is 5.40. The molecule has 1 aromatic rings. The van der Waals surface area contributed by atoms with E-state index >= 15 is 0 Å². The average Bonchev–Trinajstić information content (AvgIpc) is 2.78. The number of terminal acetylenes is 1. The van der Waals surface area contributed by atoms with Gasteiger partial charge in [0.15, 0.2) is 0 Å². The molecule has 0 aromatic carbocycles. The molecule has 0 radical (unpaired) electrons. The first-order valence-corrected chi connectivity index (χ1v) is 6.35. The van der Waals surface area contributed by atoms with Gasteiger partial charge in [0.05, 0.1) is 11.5 Å². The number of hydrogen-bond acceptors (Lipinski definition) is 3. The second-order valence-electron chi connectivity index (χ2n) is 5.35. The fourth-order valence-corrected chi connectivity index (χ4v) is 3.32. The van der Waals surface area contributed by atoms with E-state index in [-0.39, 0.29) is 0 Å². The number of nitrogens with zero attached hydrogens (tertiary/aromatic N) is 2. The SMILES string of the molecule is C#Cc1cncc(C2(C#N)C[C@H]3CC[C@@H](C2)N3)c1. The Hall–Kier alpha value is -1.84. The van der Waals surface area contributed by atoms with E-state index in [1.165, 1.54) is 12.8 Å². The van der Waals surface area contributed by atoms with Gasteiger partial charge >= 0.3 is 0 Å². The lowest BCUT2D eigenvalue weighted by molar-refractivity contribution is 0.304. The molecule has 0 aliphatic carbocycles. The Labute approximate surface area is 107 Å². The summed E-state index contributed by atoms with van der Waals surface area (Å²) < 4.78 is 0. The maximum atomic E-state index is 9.66. The predicted octanol–water partition coefficient (Wildman–Crippen LogP) is 1.74. The molecule has 3 heterocycles. The number of aromatic nitrogens is 1. The summed E-state index contributed by atoms with van der Waals surface area (Å²) in [6.45, 7) is 0. The standard InChI is InChI=1S/C15H15N3/c1-2-11-5-12(9-17-8-11)15(10-16)6-13-3-4-14(7-15)18-13/h1,5,8-9,13-14,18H,3-4,6-7H2/t13-,14+,15?. The predicted molar refractivity (Wildman–Crippen MR) is 68.6 cm³/mol. The first-order chi connectivity index (χ1) is 8.75. The lowest BCUT2D eigenvalue weighted by atomic mass is 9.72. The maximum Gasteiger partial charge on any atom is 0.0867 e. The van der Waals surface area contributed by atoms with E-state index in [2.05, 4.69) is 22.3 Å². The Morgan fingerprint density at radius 3 is 2.67 bits per heavy atom. The summed E-state index contributed by atoms with van der Waals surface area (Å²) in [4.78, 5) is 4.18. The van der Waals surface area contributed by atoms with E-state index in [0.717, 1.165) is 24.0 Å². The van der Waals surface area contributed by atoms with Gasteiger partial charge in [-0.05, 0) is 37.3 Å².